The number of ether oxygens (including phenoxy) is 1. The molecule has 1 aliphatic carbocycles. The molecule has 0 aromatic heterocycles. The van der Waals surface area contributed by atoms with Crippen LogP contribution in [0.4, 0.5) is 13.2 Å². The highest BCUT2D eigenvalue weighted by atomic mass is 35.5. The fourth-order valence-electron chi connectivity index (χ4n) is 2.75. The van der Waals surface area contributed by atoms with Crippen LogP contribution in [0.2, 0.25) is 0 Å². The van der Waals surface area contributed by atoms with Gasteiger partial charge in [-0.3, -0.25) is 4.79 Å². The summed E-state index contributed by atoms with van der Waals surface area (Å²) in [4.78, 5) is 14.1. The maximum absolute atomic E-state index is 12.8. The molecule has 0 aromatic rings. The van der Waals surface area contributed by atoms with Gasteiger partial charge in [0.25, 0.3) is 0 Å². The maximum Gasteiger partial charge on any atom is 0.390 e. The van der Waals surface area contributed by atoms with Gasteiger partial charge >= 0.3 is 6.18 Å². The zero-order valence-electron chi connectivity index (χ0n) is 12.5. The number of hydrogen-bond acceptors (Lipinski definition) is 3. The van der Waals surface area contributed by atoms with Crippen molar-refractivity contribution in [1.82, 2.24) is 4.90 Å². The van der Waals surface area contributed by atoms with E-state index in [4.69, 9.17) is 10.5 Å². The summed E-state index contributed by atoms with van der Waals surface area (Å²) in [6.45, 7) is 1.22. The highest BCUT2D eigenvalue weighted by Crippen LogP contribution is 2.35. The highest BCUT2D eigenvalue weighted by Gasteiger charge is 2.43. The summed E-state index contributed by atoms with van der Waals surface area (Å²) in [5.74, 6) is 0.140. The van der Waals surface area contributed by atoms with Crippen molar-refractivity contribution in [2.24, 2.45) is 17.1 Å². The van der Waals surface area contributed by atoms with Crippen molar-refractivity contribution in [3.8, 4) is 0 Å². The molecule has 22 heavy (non-hydrogen) atoms. The van der Waals surface area contributed by atoms with E-state index in [1.807, 2.05) is 0 Å². The topological polar surface area (TPSA) is 55.6 Å². The van der Waals surface area contributed by atoms with Crippen molar-refractivity contribution in [3.05, 3.63) is 0 Å². The summed E-state index contributed by atoms with van der Waals surface area (Å²) in [7, 11) is 0. The molecule has 1 amide bonds. The molecule has 130 valence electrons. The number of alkyl halides is 3. The van der Waals surface area contributed by atoms with Crippen molar-refractivity contribution in [3.63, 3.8) is 0 Å². The highest BCUT2D eigenvalue weighted by molar-refractivity contribution is 5.85. The van der Waals surface area contributed by atoms with Gasteiger partial charge in [-0.1, -0.05) is 0 Å². The minimum Gasteiger partial charge on any atom is -0.381 e. The first kappa shape index (κ1) is 19.5. The molecule has 2 aliphatic rings. The average Bonchev–Trinajstić information content (AvgIpc) is 3.26. The van der Waals surface area contributed by atoms with Gasteiger partial charge in [0.2, 0.25) is 5.91 Å². The van der Waals surface area contributed by atoms with E-state index in [2.05, 4.69) is 0 Å². The molecule has 0 bridgehead atoms. The Labute approximate surface area is 134 Å². The molecule has 1 saturated carbocycles. The minimum absolute atomic E-state index is 0. The van der Waals surface area contributed by atoms with Gasteiger partial charge in [0.1, 0.15) is 0 Å². The molecule has 0 atom stereocenters. The number of amides is 1. The SMILES string of the molecule is Cl.NCC1(C(=O)N(CCC(F)(F)F)CC2CC2)CCOCC1. The van der Waals surface area contributed by atoms with Gasteiger partial charge in [-0.15, -0.1) is 12.4 Å². The summed E-state index contributed by atoms with van der Waals surface area (Å²) in [6.07, 6.45) is -2.22. The Morgan fingerprint density at radius 3 is 2.32 bits per heavy atom. The molecule has 0 spiro atoms. The third-order valence-electron chi connectivity index (χ3n) is 4.42. The number of carbonyl (C=O) groups is 1. The summed E-state index contributed by atoms with van der Waals surface area (Å²) in [5.41, 5.74) is 5.04. The lowest BCUT2D eigenvalue weighted by molar-refractivity contribution is -0.155. The molecule has 0 radical (unpaired) electrons. The minimum atomic E-state index is -4.24. The Balaban J connectivity index is 0.00000242. The lowest BCUT2D eigenvalue weighted by atomic mass is 9.78. The zero-order valence-corrected chi connectivity index (χ0v) is 13.3. The van der Waals surface area contributed by atoms with Crippen LogP contribution in [0.15, 0.2) is 0 Å². The van der Waals surface area contributed by atoms with E-state index in [1.54, 1.807) is 0 Å². The first-order valence-electron chi connectivity index (χ1n) is 7.50. The van der Waals surface area contributed by atoms with Gasteiger partial charge in [0, 0.05) is 32.8 Å². The molecule has 1 aliphatic heterocycles. The summed E-state index contributed by atoms with van der Waals surface area (Å²) < 4.78 is 42.7. The fraction of sp³-hybridized carbons (Fsp3) is 0.929. The number of halogens is 4. The van der Waals surface area contributed by atoms with Crippen molar-refractivity contribution in [2.45, 2.75) is 38.3 Å². The number of rotatable bonds is 6. The summed E-state index contributed by atoms with van der Waals surface area (Å²) in [6, 6.07) is 0. The van der Waals surface area contributed by atoms with Gasteiger partial charge in [-0.2, -0.15) is 13.2 Å². The second-order valence-electron chi connectivity index (χ2n) is 6.16. The standard InChI is InChI=1S/C14H23F3N2O2.ClH/c15-14(16,17)3-6-19(9-11-1-2-11)12(20)13(10-18)4-7-21-8-5-13;/h11H,1-10,18H2;1H. The predicted octanol–water partition coefficient (Wildman–Crippen LogP) is 2.35. The Kier molecular flexibility index (Phi) is 6.95. The van der Waals surface area contributed by atoms with Gasteiger partial charge in [-0.25, -0.2) is 0 Å². The summed E-state index contributed by atoms with van der Waals surface area (Å²) >= 11 is 0. The second-order valence-corrected chi connectivity index (χ2v) is 6.16. The van der Waals surface area contributed by atoms with Crippen LogP contribution in [0.1, 0.15) is 32.1 Å². The van der Waals surface area contributed by atoms with Gasteiger partial charge in [-0.05, 0) is 31.6 Å². The van der Waals surface area contributed by atoms with Crippen LogP contribution in [0.25, 0.3) is 0 Å². The Morgan fingerprint density at radius 2 is 1.86 bits per heavy atom. The van der Waals surface area contributed by atoms with Crippen LogP contribution in [0.3, 0.4) is 0 Å². The van der Waals surface area contributed by atoms with Crippen molar-refractivity contribution in [2.75, 3.05) is 32.8 Å². The van der Waals surface area contributed by atoms with Crippen LogP contribution in [-0.4, -0.2) is 49.8 Å². The molecule has 0 unspecified atom stereocenters. The van der Waals surface area contributed by atoms with Gasteiger partial charge < -0.3 is 15.4 Å². The third kappa shape index (κ3) is 5.28. The quantitative estimate of drug-likeness (QED) is 0.804. The molecule has 2 rings (SSSR count). The number of nitrogens with zero attached hydrogens (tertiary/aromatic N) is 1. The molecule has 4 nitrogen and oxygen atoms in total. The van der Waals surface area contributed by atoms with Crippen LogP contribution in [0, 0.1) is 11.3 Å². The van der Waals surface area contributed by atoms with Gasteiger partial charge in [0.15, 0.2) is 0 Å². The Morgan fingerprint density at radius 1 is 1.27 bits per heavy atom. The number of nitrogens with two attached hydrogens (primary N) is 1. The summed E-state index contributed by atoms with van der Waals surface area (Å²) in [5, 5.41) is 0. The largest absolute Gasteiger partial charge is 0.390 e. The first-order chi connectivity index (χ1) is 9.86. The monoisotopic (exact) mass is 344 g/mol. The molecule has 1 heterocycles. The molecule has 1 saturated heterocycles. The van der Waals surface area contributed by atoms with Crippen molar-refractivity contribution < 1.29 is 22.7 Å². The van der Waals surface area contributed by atoms with Crippen molar-refractivity contribution in [1.29, 1.82) is 0 Å². The smallest absolute Gasteiger partial charge is 0.381 e. The second kappa shape index (κ2) is 7.84. The lowest BCUT2D eigenvalue weighted by Crippen LogP contribution is -2.52. The molecular formula is C14H24ClF3N2O2. The molecule has 8 heteroatoms. The van der Waals surface area contributed by atoms with Gasteiger partial charge in [0.05, 0.1) is 11.8 Å². The van der Waals surface area contributed by atoms with Crippen LogP contribution in [0.5, 0.6) is 0 Å². The van der Waals surface area contributed by atoms with E-state index in [9.17, 15) is 18.0 Å². The zero-order chi connectivity index (χ0) is 15.5. The maximum atomic E-state index is 12.8. The van der Waals surface area contributed by atoms with E-state index in [0.717, 1.165) is 12.8 Å². The molecular weight excluding hydrogens is 321 g/mol. The van der Waals surface area contributed by atoms with E-state index in [-0.39, 0.29) is 31.4 Å². The Bertz CT molecular complexity index is 370. The number of hydrogen-bond donors (Lipinski definition) is 1. The van der Waals surface area contributed by atoms with Crippen molar-refractivity contribution >= 4 is 18.3 Å². The predicted molar refractivity (Wildman–Crippen MR) is 78.8 cm³/mol. The van der Waals surface area contributed by atoms with E-state index in [0.29, 0.717) is 38.5 Å². The molecule has 0 aromatic carbocycles. The van der Waals surface area contributed by atoms with Crippen LogP contribution < -0.4 is 5.73 Å². The van der Waals surface area contributed by atoms with E-state index < -0.39 is 18.0 Å². The third-order valence-corrected chi connectivity index (χ3v) is 4.42. The molecule has 2 fully saturated rings. The van der Waals surface area contributed by atoms with E-state index >= 15 is 0 Å². The number of carbonyl (C=O) groups excluding carboxylic acids is 1. The van der Waals surface area contributed by atoms with Crippen LogP contribution >= 0.6 is 12.4 Å². The van der Waals surface area contributed by atoms with Crippen LogP contribution in [-0.2, 0) is 9.53 Å². The fourth-order valence-corrected chi connectivity index (χ4v) is 2.75. The lowest BCUT2D eigenvalue weighted by Gasteiger charge is -2.39. The Hall–Kier alpha value is -0.530. The van der Waals surface area contributed by atoms with E-state index in [1.165, 1.54) is 4.90 Å². The molecule has 2 N–H and O–H groups in total. The normalized spacial score (nSPS) is 21.1. The average molecular weight is 345 g/mol. The first-order valence-corrected chi connectivity index (χ1v) is 7.50.